The molecule has 0 aliphatic carbocycles. The molecule has 1 atom stereocenters. The van der Waals surface area contributed by atoms with Gasteiger partial charge in [-0.3, -0.25) is 4.79 Å². The summed E-state index contributed by atoms with van der Waals surface area (Å²) in [4.78, 5) is 19.8. The molecule has 0 bridgehead atoms. The van der Waals surface area contributed by atoms with E-state index in [-0.39, 0.29) is 11.9 Å². The Morgan fingerprint density at radius 3 is 2.58 bits per heavy atom. The summed E-state index contributed by atoms with van der Waals surface area (Å²) in [6.45, 7) is 4.91. The van der Waals surface area contributed by atoms with Gasteiger partial charge >= 0.3 is 0 Å². The van der Waals surface area contributed by atoms with Gasteiger partial charge in [-0.15, -0.1) is 11.3 Å². The van der Waals surface area contributed by atoms with Crippen molar-refractivity contribution in [1.29, 1.82) is 0 Å². The lowest BCUT2D eigenvalue weighted by Gasteiger charge is -2.28. The van der Waals surface area contributed by atoms with Crippen LogP contribution in [-0.2, 0) is 13.2 Å². The standard InChI is InChI=1S/C24H28N2O4S/c1-5-17(2)26(24(27)18-9-8-10-20(13-18)28-3)14-19-16-31-23(25-19)15-30-22-12-7-6-11-21(22)29-4/h6-13,16-17H,5,14-15H2,1-4H3/t17-/m1/s1. The Hall–Kier alpha value is -3.06. The van der Waals surface area contributed by atoms with Crippen molar-refractivity contribution in [2.75, 3.05) is 14.2 Å². The third-order valence-corrected chi connectivity index (χ3v) is 5.92. The largest absolute Gasteiger partial charge is 0.497 e. The van der Waals surface area contributed by atoms with Gasteiger partial charge in [-0.05, 0) is 43.7 Å². The fourth-order valence-electron chi connectivity index (χ4n) is 3.11. The van der Waals surface area contributed by atoms with E-state index in [1.165, 1.54) is 11.3 Å². The first-order valence-electron chi connectivity index (χ1n) is 10.2. The highest BCUT2D eigenvalue weighted by Crippen LogP contribution is 2.27. The van der Waals surface area contributed by atoms with Crippen LogP contribution in [0.5, 0.6) is 17.2 Å². The fraction of sp³-hybridized carbons (Fsp3) is 0.333. The number of hydrogen-bond acceptors (Lipinski definition) is 6. The van der Waals surface area contributed by atoms with Crippen LogP contribution in [0.1, 0.15) is 41.3 Å². The maximum absolute atomic E-state index is 13.2. The van der Waals surface area contributed by atoms with Gasteiger partial charge in [-0.2, -0.15) is 0 Å². The first-order valence-corrected chi connectivity index (χ1v) is 11.1. The molecule has 0 radical (unpaired) electrons. The van der Waals surface area contributed by atoms with Crippen molar-refractivity contribution in [3.63, 3.8) is 0 Å². The molecule has 2 aromatic carbocycles. The van der Waals surface area contributed by atoms with Crippen LogP contribution in [0.3, 0.4) is 0 Å². The molecule has 1 amide bonds. The number of ether oxygens (including phenoxy) is 3. The second-order valence-corrected chi connectivity index (χ2v) is 8.04. The highest BCUT2D eigenvalue weighted by atomic mass is 32.1. The monoisotopic (exact) mass is 440 g/mol. The highest BCUT2D eigenvalue weighted by molar-refractivity contribution is 7.09. The first-order chi connectivity index (χ1) is 15.0. The van der Waals surface area contributed by atoms with E-state index >= 15 is 0 Å². The second kappa shape index (κ2) is 10.8. The molecule has 31 heavy (non-hydrogen) atoms. The van der Waals surface area contributed by atoms with E-state index in [2.05, 4.69) is 18.8 Å². The summed E-state index contributed by atoms with van der Waals surface area (Å²) in [5, 5.41) is 2.83. The number of amides is 1. The molecule has 0 saturated carbocycles. The van der Waals surface area contributed by atoms with Gasteiger partial charge in [0.25, 0.3) is 5.91 Å². The van der Waals surface area contributed by atoms with Gasteiger partial charge in [0.05, 0.1) is 26.5 Å². The van der Waals surface area contributed by atoms with E-state index in [0.29, 0.717) is 36.0 Å². The summed E-state index contributed by atoms with van der Waals surface area (Å²) in [6, 6.07) is 14.8. The maximum atomic E-state index is 13.2. The van der Waals surface area contributed by atoms with Crippen molar-refractivity contribution in [3.8, 4) is 17.2 Å². The van der Waals surface area contributed by atoms with E-state index in [1.54, 1.807) is 20.3 Å². The van der Waals surface area contributed by atoms with Crippen LogP contribution in [0, 0.1) is 0 Å². The zero-order valence-corrected chi connectivity index (χ0v) is 19.1. The number of methoxy groups -OCH3 is 2. The van der Waals surface area contributed by atoms with Crippen molar-refractivity contribution in [2.45, 2.75) is 39.5 Å². The van der Waals surface area contributed by atoms with Gasteiger partial charge in [0, 0.05) is 17.0 Å². The van der Waals surface area contributed by atoms with Gasteiger partial charge in [-0.25, -0.2) is 4.98 Å². The van der Waals surface area contributed by atoms with Gasteiger partial charge in [0.2, 0.25) is 0 Å². The highest BCUT2D eigenvalue weighted by Gasteiger charge is 2.22. The third kappa shape index (κ3) is 5.76. The van der Waals surface area contributed by atoms with Crippen LogP contribution in [0.15, 0.2) is 53.9 Å². The lowest BCUT2D eigenvalue weighted by atomic mass is 10.1. The Kier molecular flexibility index (Phi) is 7.89. The van der Waals surface area contributed by atoms with Crippen LogP contribution in [0.4, 0.5) is 0 Å². The van der Waals surface area contributed by atoms with Crippen molar-refractivity contribution in [2.24, 2.45) is 0 Å². The van der Waals surface area contributed by atoms with Gasteiger partial charge in [-0.1, -0.05) is 25.1 Å². The predicted octanol–water partition coefficient (Wildman–Crippen LogP) is 5.18. The molecule has 0 spiro atoms. The number of rotatable bonds is 10. The van der Waals surface area contributed by atoms with Crippen molar-refractivity contribution < 1.29 is 19.0 Å². The van der Waals surface area contributed by atoms with Gasteiger partial charge in [0.1, 0.15) is 17.4 Å². The Morgan fingerprint density at radius 2 is 1.87 bits per heavy atom. The molecule has 3 aromatic rings. The lowest BCUT2D eigenvalue weighted by Crippen LogP contribution is -2.37. The normalized spacial score (nSPS) is 11.6. The van der Waals surface area contributed by atoms with Crippen LogP contribution in [0.2, 0.25) is 0 Å². The van der Waals surface area contributed by atoms with Gasteiger partial charge < -0.3 is 19.1 Å². The zero-order valence-electron chi connectivity index (χ0n) is 18.3. The number of carbonyl (C=O) groups is 1. The summed E-state index contributed by atoms with van der Waals surface area (Å²) >= 11 is 1.52. The third-order valence-electron chi connectivity index (χ3n) is 5.05. The van der Waals surface area contributed by atoms with E-state index in [9.17, 15) is 4.79 Å². The van der Waals surface area contributed by atoms with Crippen LogP contribution in [-0.4, -0.2) is 36.1 Å². The Labute approximate surface area is 187 Å². The Balaban J connectivity index is 1.71. The number of nitrogens with zero attached hydrogens (tertiary/aromatic N) is 2. The summed E-state index contributed by atoms with van der Waals surface area (Å²) in [7, 11) is 3.21. The van der Waals surface area contributed by atoms with Crippen molar-refractivity contribution in [1.82, 2.24) is 9.88 Å². The molecule has 1 aromatic heterocycles. The Bertz CT molecular complexity index is 1000. The minimum atomic E-state index is -0.0342. The first kappa shape index (κ1) is 22.6. The number of hydrogen-bond donors (Lipinski definition) is 0. The van der Waals surface area contributed by atoms with Crippen LogP contribution in [0.25, 0.3) is 0 Å². The minimum absolute atomic E-state index is 0.0342. The number of carbonyl (C=O) groups excluding carboxylic acids is 1. The molecule has 7 heteroatoms. The maximum Gasteiger partial charge on any atom is 0.254 e. The van der Waals surface area contributed by atoms with E-state index in [4.69, 9.17) is 14.2 Å². The van der Waals surface area contributed by atoms with Crippen LogP contribution >= 0.6 is 11.3 Å². The SMILES string of the molecule is CC[C@@H](C)N(Cc1csc(COc2ccccc2OC)n1)C(=O)c1cccc(OC)c1. The summed E-state index contributed by atoms with van der Waals surface area (Å²) in [6.07, 6.45) is 0.851. The fourth-order valence-corrected chi connectivity index (χ4v) is 3.81. The molecule has 0 saturated heterocycles. The summed E-state index contributed by atoms with van der Waals surface area (Å²) in [5.41, 5.74) is 1.45. The molecule has 6 nitrogen and oxygen atoms in total. The summed E-state index contributed by atoms with van der Waals surface area (Å²) < 4.78 is 16.5. The van der Waals surface area contributed by atoms with Crippen molar-refractivity contribution in [3.05, 3.63) is 70.2 Å². The molecule has 0 N–H and O–H groups in total. The zero-order chi connectivity index (χ0) is 22.2. The number of aromatic nitrogens is 1. The topological polar surface area (TPSA) is 60.9 Å². The average Bonchev–Trinajstić information content (AvgIpc) is 3.27. The predicted molar refractivity (Wildman–Crippen MR) is 122 cm³/mol. The quantitative estimate of drug-likeness (QED) is 0.435. The molecule has 0 aliphatic heterocycles. The molecule has 0 fully saturated rings. The average molecular weight is 441 g/mol. The lowest BCUT2D eigenvalue weighted by molar-refractivity contribution is 0.0668. The minimum Gasteiger partial charge on any atom is -0.497 e. The van der Waals surface area contributed by atoms with Crippen molar-refractivity contribution >= 4 is 17.2 Å². The number of thiazole rings is 1. The van der Waals surface area contributed by atoms with Gasteiger partial charge in [0.15, 0.2) is 11.5 Å². The van der Waals surface area contributed by atoms with Crippen LogP contribution < -0.4 is 14.2 Å². The molecular formula is C24H28N2O4S. The molecule has 1 heterocycles. The van der Waals surface area contributed by atoms with E-state index in [1.807, 2.05) is 52.7 Å². The molecule has 164 valence electrons. The molecule has 3 rings (SSSR count). The second-order valence-electron chi connectivity index (χ2n) is 7.09. The molecule has 0 aliphatic rings. The van der Waals surface area contributed by atoms with E-state index < -0.39 is 0 Å². The smallest absolute Gasteiger partial charge is 0.254 e. The molecule has 0 unspecified atom stereocenters. The van der Waals surface area contributed by atoms with E-state index in [0.717, 1.165) is 17.1 Å². The summed E-state index contributed by atoms with van der Waals surface area (Å²) in [5.74, 6) is 2.00. The Morgan fingerprint density at radius 1 is 1.10 bits per heavy atom. The molecular weight excluding hydrogens is 412 g/mol. The number of para-hydroxylation sites is 2. The number of benzene rings is 2.